The van der Waals surface area contributed by atoms with Gasteiger partial charge in [0, 0.05) is 6.54 Å². The summed E-state index contributed by atoms with van der Waals surface area (Å²) in [4.78, 5) is 1.09. The van der Waals surface area contributed by atoms with Crippen LogP contribution >= 0.6 is 0 Å². The zero-order valence-electron chi connectivity index (χ0n) is 10.6. The van der Waals surface area contributed by atoms with Gasteiger partial charge in [0.1, 0.15) is 5.75 Å². The second-order valence-electron chi connectivity index (χ2n) is 3.33. The summed E-state index contributed by atoms with van der Waals surface area (Å²) in [6.07, 6.45) is -1.41. The summed E-state index contributed by atoms with van der Waals surface area (Å²) in [5.74, 6) is -0.868. The monoisotopic (exact) mass is 283 g/mol. The molecule has 1 unspecified atom stereocenters. The average Bonchev–Trinajstić information content (AvgIpc) is 2.15. The van der Waals surface area contributed by atoms with Gasteiger partial charge < -0.3 is 21.9 Å². The van der Waals surface area contributed by atoms with Crippen LogP contribution in [0.4, 0.5) is 0 Å². The fourth-order valence-corrected chi connectivity index (χ4v) is 1.77. The zero-order valence-corrected chi connectivity index (χ0v) is 12.4. The Labute approximate surface area is 123 Å². The van der Waals surface area contributed by atoms with Crippen LogP contribution in [0.15, 0.2) is 0 Å². The first-order chi connectivity index (χ1) is 7.34. The maximum Gasteiger partial charge on any atom is 1.00 e. The van der Waals surface area contributed by atoms with Crippen molar-refractivity contribution in [2.45, 2.75) is 12.1 Å². The van der Waals surface area contributed by atoms with Gasteiger partial charge in [-0.15, -0.1) is 0 Å². The maximum atomic E-state index is 10.4. The molecule has 10 heteroatoms. The first-order valence-electron chi connectivity index (χ1n) is 4.54. The van der Waals surface area contributed by atoms with Crippen molar-refractivity contribution >= 4 is 10.1 Å². The van der Waals surface area contributed by atoms with E-state index >= 15 is 0 Å². The van der Waals surface area contributed by atoms with Gasteiger partial charge in [0.25, 0.3) is 10.1 Å². The van der Waals surface area contributed by atoms with E-state index < -0.39 is 48.0 Å². The summed E-state index contributed by atoms with van der Waals surface area (Å²) in [5, 5.41) is 35.8. The van der Waals surface area contributed by atoms with Gasteiger partial charge >= 0.3 is 29.6 Å². The topological polar surface area (TPSA) is 139 Å². The molecule has 5 N–H and O–H groups in total. The summed E-state index contributed by atoms with van der Waals surface area (Å²) >= 11 is 0. The molecule has 17 heavy (non-hydrogen) atoms. The summed E-state index contributed by atoms with van der Waals surface area (Å²) in [5.41, 5.74) is 0. The molecule has 0 aliphatic rings. The molecule has 0 amide bonds. The molecule has 100 valence electrons. The molecule has 0 bridgehead atoms. The molecule has 0 radical (unpaired) electrons. The third kappa shape index (κ3) is 9.31. The van der Waals surface area contributed by atoms with Gasteiger partial charge in [-0.05, 0) is 0 Å². The van der Waals surface area contributed by atoms with E-state index in [0.717, 1.165) is 4.90 Å². The summed E-state index contributed by atoms with van der Waals surface area (Å²) < 4.78 is 29.3. The number of aliphatic hydroxyl groups is 4. The van der Waals surface area contributed by atoms with Crippen molar-refractivity contribution in [1.29, 1.82) is 0 Å². The minimum absolute atomic E-state index is 0. The Bertz CT molecular complexity index is 288. The maximum absolute atomic E-state index is 10.4. The molecule has 0 aromatic heterocycles. The van der Waals surface area contributed by atoms with E-state index in [-0.39, 0.29) is 37.5 Å². The molecule has 0 aliphatic carbocycles. The van der Waals surface area contributed by atoms with Crippen molar-refractivity contribution in [2.24, 2.45) is 0 Å². The van der Waals surface area contributed by atoms with E-state index in [9.17, 15) is 13.5 Å². The number of rotatable bonds is 8. The molecule has 0 spiro atoms. The Morgan fingerprint density at radius 2 is 1.65 bits per heavy atom. The minimum atomic E-state index is -4.30. The molecule has 0 fully saturated rings. The fraction of sp³-hybridized carbons (Fsp3) is 1.00. The normalized spacial score (nSPS) is 13.8. The van der Waals surface area contributed by atoms with E-state index in [1.807, 2.05) is 0 Å². The third-order valence-corrected chi connectivity index (χ3v) is 2.77. The van der Waals surface area contributed by atoms with Gasteiger partial charge in [0.05, 0.1) is 32.1 Å². The Morgan fingerprint density at radius 1 is 1.18 bits per heavy atom. The van der Waals surface area contributed by atoms with E-state index in [1.165, 1.54) is 0 Å². The molecule has 0 aromatic carbocycles. The minimum Gasteiger partial charge on any atom is -1.00 e. The Balaban J connectivity index is -0.00000112. The molecular formula is C7H18NNaO7S. The van der Waals surface area contributed by atoms with Crippen molar-refractivity contribution in [2.75, 3.05) is 32.2 Å². The van der Waals surface area contributed by atoms with Crippen LogP contribution in [0.5, 0.6) is 0 Å². The zero-order chi connectivity index (χ0) is 12.8. The van der Waals surface area contributed by atoms with Crippen molar-refractivity contribution < 1.29 is 64.4 Å². The van der Waals surface area contributed by atoms with Crippen molar-refractivity contribution in [3.63, 3.8) is 0 Å². The summed E-state index contributed by atoms with van der Waals surface area (Å²) in [7, 11) is -4.30. The SMILES string of the molecule is O=S(=O)(O)CC(O)CN(CO)C(CO)CO.[H-].[Na+]. The molecule has 0 aromatic rings. The van der Waals surface area contributed by atoms with Crippen molar-refractivity contribution in [3.05, 3.63) is 0 Å². The molecule has 8 nitrogen and oxygen atoms in total. The molecule has 0 saturated heterocycles. The third-order valence-electron chi connectivity index (χ3n) is 1.97. The molecule has 0 heterocycles. The second kappa shape index (κ2) is 9.62. The van der Waals surface area contributed by atoms with E-state index in [0.29, 0.717) is 0 Å². The van der Waals surface area contributed by atoms with E-state index in [1.54, 1.807) is 0 Å². The van der Waals surface area contributed by atoms with Gasteiger partial charge in [0.15, 0.2) is 0 Å². The van der Waals surface area contributed by atoms with Crippen LogP contribution in [0, 0.1) is 0 Å². The summed E-state index contributed by atoms with van der Waals surface area (Å²) in [6, 6.07) is -0.791. The number of aliphatic hydroxyl groups excluding tert-OH is 4. The van der Waals surface area contributed by atoms with Crippen LogP contribution in [0.2, 0.25) is 0 Å². The van der Waals surface area contributed by atoms with Crippen molar-refractivity contribution in [1.82, 2.24) is 4.90 Å². The van der Waals surface area contributed by atoms with Crippen LogP contribution in [-0.2, 0) is 10.1 Å². The van der Waals surface area contributed by atoms with Crippen LogP contribution in [0.25, 0.3) is 0 Å². The van der Waals surface area contributed by atoms with Crippen LogP contribution in [0.1, 0.15) is 1.43 Å². The molecule has 0 saturated carbocycles. The van der Waals surface area contributed by atoms with Crippen LogP contribution in [0.3, 0.4) is 0 Å². The Hall–Kier alpha value is 0.710. The van der Waals surface area contributed by atoms with Gasteiger partial charge in [-0.3, -0.25) is 9.45 Å². The van der Waals surface area contributed by atoms with Gasteiger partial charge in [0.2, 0.25) is 0 Å². The standard InChI is InChI=1S/C7H17NO7S.Na.H/c9-2-6(3-10)8(5-11)1-7(12)4-16(13,14)15;;/h6-7,9-12H,1-5H2,(H,13,14,15);;/q;+1;-1. The van der Waals surface area contributed by atoms with Gasteiger partial charge in [-0.25, -0.2) is 0 Å². The largest absolute Gasteiger partial charge is 1.00 e. The number of hydrogen-bond acceptors (Lipinski definition) is 7. The van der Waals surface area contributed by atoms with Gasteiger partial charge in [-0.1, -0.05) is 0 Å². The predicted octanol–water partition coefficient (Wildman–Crippen LogP) is -6.04. The van der Waals surface area contributed by atoms with Crippen LogP contribution in [-0.4, -0.2) is 82.7 Å². The van der Waals surface area contributed by atoms with Crippen molar-refractivity contribution in [3.8, 4) is 0 Å². The Morgan fingerprint density at radius 3 is 1.94 bits per heavy atom. The van der Waals surface area contributed by atoms with E-state index in [4.69, 9.17) is 19.9 Å². The fourth-order valence-electron chi connectivity index (χ4n) is 1.18. The first-order valence-corrected chi connectivity index (χ1v) is 6.14. The average molecular weight is 283 g/mol. The molecule has 0 rings (SSSR count). The first kappa shape index (κ1) is 20.0. The van der Waals surface area contributed by atoms with Crippen LogP contribution < -0.4 is 29.6 Å². The second-order valence-corrected chi connectivity index (χ2v) is 4.83. The number of nitrogens with zero attached hydrogens (tertiary/aromatic N) is 1. The molecule has 1 atom stereocenters. The smallest absolute Gasteiger partial charge is 1.00 e. The summed E-state index contributed by atoms with van der Waals surface area (Å²) in [6.45, 7) is -1.75. The number of hydrogen-bond donors (Lipinski definition) is 5. The Kier molecular flexibility index (Phi) is 11.3. The quantitative estimate of drug-likeness (QED) is 0.168. The van der Waals surface area contributed by atoms with Gasteiger partial charge in [-0.2, -0.15) is 8.42 Å². The molecular weight excluding hydrogens is 265 g/mol. The molecule has 0 aliphatic heterocycles. The van der Waals surface area contributed by atoms with E-state index in [2.05, 4.69) is 0 Å². The predicted molar refractivity (Wildman–Crippen MR) is 55.3 cm³/mol.